The molecule has 1 fully saturated rings. The molecule has 0 radical (unpaired) electrons. The molecule has 2 unspecified atom stereocenters. The Morgan fingerprint density at radius 3 is 2.74 bits per heavy atom. The Hall–Kier alpha value is -0.970. The van der Waals surface area contributed by atoms with E-state index in [4.69, 9.17) is 10.5 Å². The first kappa shape index (κ1) is 14.4. The predicted octanol–water partition coefficient (Wildman–Crippen LogP) is 2.24. The Bertz CT molecular complexity index is 416. The van der Waals surface area contributed by atoms with Crippen molar-refractivity contribution < 1.29 is 9.13 Å². The molecule has 1 aliphatic heterocycles. The maximum absolute atomic E-state index is 13.5. The van der Waals surface area contributed by atoms with E-state index in [2.05, 4.69) is 18.7 Å². The Morgan fingerprint density at radius 1 is 1.37 bits per heavy atom. The zero-order valence-electron chi connectivity index (χ0n) is 11.9. The lowest BCUT2D eigenvalue weighted by molar-refractivity contribution is -0.0502. The lowest BCUT2D eigenvalue weighted by Crippen LogP contribution is -2.49. The van der Waals surface area contributed by atoms with Gasteiger partial charge in [-0.3, -0.25) is 4.90 Å². The van der Waals surface area contributed by atoms with E-state index in [1.807, 2.05) is 13.0 Å². The van der Waals surface area contributed by atoms with Gasteiger partial charge in [-0.1, -0.05) is 6.07 Å². The average Bonchev–Trinajstić information content (AvgIpc) is 2.37. The summed E-state index contributed by atoms with van der Waals surface area (Å²) in [6.45, 7) is 8.63. The second-order valence-electron chi connectivity index (χ2n) is 5.59. The number of ether oxygens (including phenoxy) is 1. The number of rotatable bonds is 3. The number of nitrogens with zero attached hydrogens (tertiary/aromatic N) is 1. The van der Waals surface area contributed by atoms with Crippen LogP contribution in [0.1, 0.15) is 31.0 Å². The lowest BCUT2D eigenvalue weighted by Gasteiger charge is -2.38. The number of morpholine rings is 1. The van der Waals surface area contributed by atoms with Gasteiger partial charge in [0.2, 0.25) is 0 Å². The number of nitrogens with two attached hydrogens (primary N) is 1. The van der Waals surface area contributed by atoms with Gasteiger partial charge in [0.05, 0.1) is 18.8 Å². The van der Waals surface area contributed by atoms with E-state index in [1.54, 1.807) is 0 Å². The molecule has 1 heterocycles. The number of benzene rings is 1. The van der Waals surface area contributed by atoms with Crippen LogP contribution in [-0.4, -0.2) is 36.7 Å². The van der Waals surface area contributed by atoms with Crippen molar-refractivity contribution in [3.05, 3.63) is 35.1 Å². The number of hydrogen-bond donors (Lipinski definition) is 1. The molecule has 106 valence electrons. The highest BCUT2D eigenvalue weighted by atomic mass is 19.1. The molecule has 1 aromatic rings. The van der Waals surface area contributed by atoms with E-state index >= 15 is 0 Å². The summed E-state index contributed by atoms with van der Waals surface area (Å²) >= 11 is 0. The molecule has 2 N–H and O–H groups in total. The van der Waals surface area contributed by atoms with Crippen LogP contribution in [0, 0.1) is 12.7 Å². The quantitative estimate of drug-likeness (QED) is 0.912. The molecule has 1 aromatic carbocycles. The van der Waals surface area contributed by atoms with Crippen LogP contribution in [0.2, 0.25) is 0 Å². The highest BCUT2D eigenvalue weighted by Crippen LogP contribution is 2.23. The Labute approximate surface area is 114 Å². The molecule has 1 aliphatic rings. The number of hydrogen-bond acceptors (Lipinski definition) is 3. The Balaban J connectivity index is 2.12. The summed E-state index contributed by atoms with van der Waals surface area (Å²) < 4.78 is 19.2. The third-order valence-electron chi connectivity index (χ3n) is 3.71. The molecule has 0 saturated carbocycles. The second kappa shape index (κ2) is 5.99. The molecule has 19 heavy (non-hydrogen) atoms. The Kier molecular flexibility index (Phi) is 4.55. The average molecular weight is 266 g/mol. The van der Waals surface area contributed by atoms with Crippen LogP contribution in [0.5, 0.6) is 0 Å². The first-order valence-corrected chi connectivity index (χ1v) is 6.85. The minimum atomic E-state index is -0.282. The summed E-state index contributed by atoms with van der Waals surface area (Å²) in [6.07, 6.45) is -0.0719. The van der Waals surface area contributed by atoms with Gasteiger partial charge in [-0.05, 0) is 44.0 Å². The number of halogens is 1. The normalized spacial score (nSPS) is 22.7. The summed E-state index contributed by atoms with van der Waals surface area (Å²) in [7, 11) is 0. The predicted molar refractivity (Wildman–Crippen MR) is 74.5 cm³/mol. The molecule has 2 rings (SSSR count). The zero-order valence-corrected chi connectivity index (χ0v) is 11.9. The van der Waals surface area contributed by atoms with E-state index in [9.17, 15) is 4.39 Å². The zero-order chi connectivity index (χ0) is 14.0. The third-order valence-corrected chi connectivity index (χ3v) is 3.71. The van der Waals surface area contributed by atoms with Gasteiger partial charge in [-0.15, -0.1) is 0 Å². The Morgan fingerprint density at radius 2 is 2.11 bits per heavy atom. The molecule has 0 aromatic heterocycles. The van der Waals surface area contributed by atoms with Gasteiger partial charge < -0.3 is 10.5 Å². The van der Waals surface area contributed by atoms with Crippen molar-refractivity contribution in [2.75, 3.05) is 19.7 Å². The molecule has 1 saturated heterocycles. The van der Waals surface area contributed by atoms with Crippen molar-refractivity contribution in [3.63, 3.8) is 0 Å². The highest BCUT2D eigenvalue weighted by Gasteiger charge is 2.28. The maximum Gasteiger partial charge on any atom is 0.123 e. The van der Waals surface area contributed by atoms with E-state index in [-0.39, 0.29) is 18.0 Å². The molecular weight excluding hydrogens is 243 g/mol. The van der Waals surface area contributed by atoms with Gasteiger partial charge in [-0.2, -0.15) is 0 Å². The first-order valence-electron chi connectivity index (χ1n) is 6.85. The van der Waals surface area contributed by atoms with Crippen molar-refractivity contribution >= 4 is 0 Å². The fraction of sp³-hybridized carbons (Fsp3) is 0.600. The molecular formula is C15H23FN2O. The molecule has 3 nitrogen and oxygen atoms in total. The van der Waals surface area contributed by atoms with Crippen LogP contribution >= 0.6 is 0 Å². The highest BCUT2D eigenvalue weighted by molar-refractivity contribution is 5.27. The van der Waals surface area contributed by atoms with E-state index in [0.717, 1.165) is 24.2 Å². The SMILES string of the molecule is Cc1cc(F)cc(C(N)C2CN(C(C)C)CCO2)c1. The molecule has 4 heteroatoms. The van der Waals surface area contributed by atoms with Gasteiger partial charge in [0, 0.05) is 19.1 Å². The first-order chi connectivity index (χ1) is 8.97. The largest absolute Gasteiger partial charge is 0.374 e. The van der Waals surface area contributed by atoms with Crippen molar-refractivity contribution in [2.24, 2.45) is 5.73 Å². The third kappa shape index (κ3) is 3.53. The summed E-state index contributed by atoms with van der Waals surface area (Å²) in [5.41, 5.74) is 7.96. The van der Waals surface area contributed by atoms with Gasteiger partial charge in [0.25, 0.3) is 0 Å². The van der Waals surface area contributed by atoms with Crippen LogP contribution in [0.4, 0.5) is 4.39 Å². The van der Waals surface area contributed by atoms with Crippen molar-refractivity contribution in [1.29, 1.82) is 0 Å². The van der Waals surface area contributed by atoms with Gasteiger partial charge >= 0.3 is 0 Å². The van der Waals surface area contributed by atoms with Gasteiger partial charge in [0.15, 0.2) is 0 Å². The molecule has 0 spiro atoms. The summed E-state index contributed by atoms with van der Waals surface area (Å²) in [5, 5.41) is 0. The standard InChI is InChI=1S/C15H23FN2O/c1-10(2)18-4-5-19-14(9-18)15(17)12-6-11(3)7-13(16)8-12/h6-8,10,14-15H,4-5,9,17H2,1-3H3. The smallest absolute Gasteiger partial charge is 0.123 e. The summed E-state index contributed by atoms with van der Waals surface area (Å²) in [5.74, 6) is -0.234. The second-order valence-corrected chi connectivity index (χ2v) is 5.59. The molecule has 0 bridgehead atoms. The van der Waals surface area contributed by atoms with Gasteiger partial charge in [-0.25, -0.2) is 4.39 Å². The fourth-order valence-corrected chi connectivity index (χ4v) is 2.55. The minimum Gasteiger partial charge on any atom is -0.374 e. The van der Waals surface area contributed by atoms with Crippen LogP contribution in [-0.2, 0) is 4.74 Å². The van der Waals surface area contributed by atoms with Crippen molar-refractivity contribution in [3.8, 4) is 0 Å². The van der Waals surface area contributed by atoms with Crippen LogP contribution < -0.4 is 5.73 Å². The van der Waals surface area contributed by atoms with Crippen LogP contribution in [0.3, 0.4) is 0 Å². The molecule has 0 amide bonds. The van der Waals surface area contributed by atoms with E-state index in [1.165, 1.54) is 12.1 Å². The van der Waals surface area contributed by atoms with E-state index < -0.39 is 0 Å². The van der Waals surface area contributed by atoms with Gasteiger partial charge in [0.1, 0.15) is 5.82 Å². The monoisotopic (exact) mass is 266 g/mol. The maximum atomic E-state index is 13.5. The molecule has 0 aliphatic carbocycles. The number of aryl methyl sites for hydroxylation is 1. The molecule has 2 atom stereocenters. The van der Waals surface area contributed by atoms with Crippen LogP contribution in [0.25, 0.3) is 0 Å². The fourth-order valence-electron chi connectivity index (χ4n) is 2.55. The van der Waals surface area contributed by atoms with E-state index in [0.29, 0.717) is 12.6 Å². The van der Waals surface area contributed by atoms with Crippen molar-refractivity contribution in [1.82, 2.24) is 4.90 Å². The topological polar surface area (TPSA) is 38.5 Å². The minimum absolute atomic E-state index is 0.0719. The summed E-state index contributed by atoms with van der Waals surface area (Å²) in [4.78, 5) is 2.35. The van der Waals surface area contributed by atoms with Crippen LogP contribution in [0.15, 0.2) is 18.2 Å². The summed E-state index contributed by atoms with van der Waals surface area (Å²) in [6, 6.07) is 5.16. The lowest BCUT2D eigenvalue weighted by atomic mass is 9.98. The van der Waals surface area contributed by atoms with Crippen molar-refractivity contribution in [2.45, 2.75) is 39.0 Å².